The largest absolute Gasteiger partial charge is 0.496 e. The minimum absolute atomic E-state index is 0.0786. The predicted molar refractivity (Wildman–Crippen MR) is 116 cm³/mol. The summed E-state index contributed by atoms with van der Waals surface area (Å²) in [6.45, 7) is 0. The van der Waals surface area contributed by atoms with Gasteiger partial charge in [-0.05, 0) is 25.0 Å². The SMILES string of the molecule is COc1ccccc1C(=O)N[C@]1(C(F)(F)F)N=C(c2ccccc2)N(C2CCCCC2)C1=O. The average molecular weight is 459 g/mol. The van der Waals surface area contributed by atoms with E-state index in [-0.39, 0.29) is 17.1 Å². The first-order valence-electron chi connectivity index (χ1n) is 10.8. The van der Waals surface area contributed by atoms with Crippen LogP contribution in [0.3, 0.4) is 0 Å². The van der Waals surface area contributed by atoms with Gasteiger partial charge in [-0.15, -0.1) is 0 Å². The van der Waals surface area contributed by atoms with Gasteiger partial charge in [-0.1, -0.05) is 61.7 Å². The second-order valence-corrected chi connectivity index (χ2v) is 8.13. The number of nitrogens with zero attached hydrogens (tertiary/aromatic N) is 2. The maximum Gasteiger partial charge on any atom is 0.442 e. The number of methoxy groups -OCH3 is 1. The van der Waals surface area contributed by atoms with Crippen molar-refractivity contribution in [2.45, 2.75) is 50.0 Å². The van der Waals surface area contributed by atoms with E-state index >= 15 is 0 Å². The van der Waals surface area contributed by atoms with Crippen molar-refractivity contribution < 1.29 is 27.5 Å². The van der Waals surface area contributed by atoms with E-state index in [0.29, 0.717) is 18.4 Å². The first-order chi connectivity index (χ1) is 15.8. The van der Waals surface area contributed by atoms with E-state index in [1.165, 1.54) is 25.3 Å². The maximum atomic E-state index is 14.6. The zero-order valence-corrected chi connectivity index (χ0v) is 18.1. The number of ether oxygens (including phenoxy) is 1. The summed E-state index contributed by atoms with van der Waals surface area (Å²) in [6, 6.07) is 13.7. The van der Waals surface area contributed by atoms with Gasteiger partial charge in [0.1, 0.15) is 11.6 Å². The van der Waals surface area contributed by atoms with Crippen LogP contribution in [-0.2, 0) is 4.79 Å². The van der Waals surface area contributed by atoms with Crippen LogP contribution in [0, 0.1) is 0 Å². The molecule has 0 saturated heterocycles. The van der Waals surface area contributed by atoms with E-state index < -0.39 is 29.7 Å². The lowest BCUT2D eigenvalue weighted by molar-refractivity contribution is -0.197. The minimum Gasteiger partial charge on any atom is -0.496 e. The molecular formula is C24H24F3N3O3. The fourth-order valence-corrected chi connectivity index (χ4v) is 4.40. The van der Waals surface area contributed by atoms with Gasteiger partial charge in [0.2, 0.25) is 0 Å². The van der Waals surface area contributed by atoms with Crippen LogP contribution in [0.25, 0.3) is 0 Å². The fourth-order valence-electron chi connectivity index (χ4n) is 4.40. The third kappa shape index (κ3) is 4.07. The summed E-state index contributed by atoms with van der Waals surface area (Å²) in [5.41, 5.74) is -3.16. The van der Waals surface area contributed by atoms with Gasteiger partial charge in [0.05, 0.1) is 12.7 Å². The minimum atomic E-state index is -5.16. The average Bonchev–Trinajstić information content (AvgIpc) is 3.13. The molecule has 2 aliphatic rings. The number of hydrogen-bond donors (Lipinski definition) is 1. The van der Waals surface area contributed by atoms with E-state index in [2.05, 4.69) is 4.99 Å². The molecule has 2 aromatic carbocycles. The Morgan fingerprint density at radius 1 is 1.06 bits per heavy atom. The molecule has 4 rings (SSSR count). The Kier molecular flexibility index (Phi) is 6.14. The van der Waals surface area contributed by atoms with E-state index in [1.807, 2.05) is 5.32 Å². The van der Waals surface area contributed by atoms with Crippen LogP contribution in [0.15, 0.2) is 59.6 Å². The molecule has 2 aromatic rings. The van der Waals surface area contributed by atoms with Gasteiger partial charge in [-0.3, -0.25) is 14.5 Å². The Hall–Kier alpha value is -3.36. The zero-order valence-electron chi connectivity index (χ0n) is 18.1. The van der Waals surface area contributed by atoms with E-state index in [1.54, 1.807) is 36.4 Å². The number of carbonyl (C=O) groups excluding carboxylic acids is 2. The summed E-state index contributed by atoms with van der Waals surface area (Å²) >= 11 is 0. The third-order valence-electron chi connectivity index (χ3n) is 6.06. The van der Waals surface area contributed by atoms with Gasteiger partial charge in [0.25, 0.3) is 11.8 Å². The summed E-state index contributed by atoms with van der Waals surface area (Å²) in [5, 5.41) is 1.92. The summed E-state index contributed by atoms with van der Waals surface area (Å²) in [4.78, 5) is 31.6. The molecule has 2 amide bonds. The highest BCUT2D eigenvalue weighted by Gasteiger charge is 2.68. The predicted octanol–water partition coefficient (Wildman–Crippen LogP) is 4.31. The molecular weight excluding hydrogens is 435 g/mol. The molecule has 6 nitrogen and oxygen atoms in total. The molecule has 1 N–H and O–H groups in total. The van der Waals surface area contributed by atoms with Crippen molar-refractivity contribution in [2.24, 2.45) is 4.99 Å². The van der Waals surface area contributed by atoms with Crippen molar-refractivity contribution in [3.05, 3.63) is 65.7 Å². The Morgan fingerprint density at radius 3 is 2.33 bits per heavy atom. The lowest BCUT2D eigenvalue weighted by Crippen LogP contribution is -2.64. The molecule has 1 aliphatic carbocycles. The van der Waals surface area contributed by atoms with E-state index in [9.17, 15) is 22.8 Å². The lowest BCUT2D eigenvalue weighted by Gasteiger charge is -2.34. The number of nitrogens with one attached hydrogen (secondary N) is 1. The molecule has 0 unspecified atom stereocenters. The molecule has 1 saturated carbocycles. The van der Waals surface area contributed by atoms with Crippen molar-refractivity contribution in [1.29, 1.82) is 0 Å². The molecule has 1 fully saturated rings. The smallest absolute Gasteiger partial charge is 0.442 e. The van der Waals surface area contributed by atoms with Crippen molar-refractivity contribution in [1.82, 2.24) is 10.2 Å². The summed E-state index contributed by atoms with van der Waals surface area (Å²) in [6.07, 6.45) is -1.43. The van der Waals surface area contributed by atoms with Gasteiger partial charge in [0, 0.05) is 11.6 Å². The molecule has 0 bridgehead atoms. The molecule has 1 aliphatic heterocycles. The summed E-state index contributed by atoms with van der Waals surface area (Å²) in [5.74, 6) is -2.37. The number of carbonyl (C=O) groups is 2. The van der Waals surface area contributed by atoms with Crippen LogP contribution in [-0.4, -0.2) is 47.5 Å². The van der Waals surface area contributed by atoms with E-state index in [4.69, 9.17) is 4.74 Å². The molecule has 1 atom stereocenters. The number of rotatable bonds is 5. The maximum absolute atomic E-state index is 14.6. The number of amidine groups is 1. The molecule has 0 aromatic heterocycles. The molecule has 0 spiro atoms. The second kappa shape index (κ2) is 8.88. The second-order valence-electron chi connectivity index (χ2n) is 8.13. The van der Waals surface area contributed by atoms with Crippen molar-refractivity contribution in [3.8, 4) is 5.75 Å². The quantitative estimate of drug-likeness (QED) is 0.725. The number of hydrogen-bond acceptors (Lipinski definition) is 4. The van der Waals surface area contributed by atoms with Gasteiger partial charge in [-0.25, -0.2) is 4.99 Å². The van der Waals surface area contributed by atoms with Crippen molar-refractivity contribution in [2.75, 3.05) is 7.11 Å². The van der Waals surface area contributed by atoms with Crippen LogP contribution < -0.4 is 10.1 Å². The summed E-state index contributed by atoms with van der Waals surface area (Å²) < 4.78 is 48.8. The van der Waals surface area contributed by atoms with Gasteiger partial charge >= 0.3 is 11.8 Å². The van der Waals surface area contributed by atoms with Crippen LogP contribution >= 0.6 is 0 Å². The Bertz CT molecular complexity index is 1070. The van der Waals surface area contributed by atoms with Crippen molar-refractivity contribution in [3.63, 3.8) is 0 Å². The number of amides is 2. The fraction of sp³-hybridized carbons (Fsp3) is 0.375. The Balaban J connectivity index is 1.81. The molecule has 1 heterocycles. The number of benzene rings is 2. The number of aliphatic imine (C=N–C) groups is 1. The standard InChI is InChI=1S/C24H24F3N3O3/c1-33-19-15-9-8-14-18(19)21(31)29-23(24(25,26)27)22(32)30(17-12-6-3-7-13-17)20(28-23)16-10-4-2-5-11-16/h2,4-5,8-11,14-15,17H,3,6-7,12-13H2,1H3,(H,29,31)/t23-/m1/s1. The number of para-hydroxylation sites is 1. The van der Waals surface area contributed by atoms with Crippen LogP contribution in [0.2, 0.25) is 0 Å². The van der Waals surface area contributed by atoms with Crippen LogP contribution in [0.1, 0.15) is 48.0 Å². The van der Waals surface area contributed by atoms with Gasteiger partial charge < -0.3 is 10.1 Å². The third-order valence-corrected chi connectivity index (χ3v) is 6.06. The Labute approximate surface area is 189 Å². The lowest BCUT2D eigenvalue weighted by atomic mass is 9.93. The molecule has 174 valence electrons. The van der Waals surface area contributed by atoms with Gasteiger partial charge in [-0.2, -0.15) is 13.2 Å². The highest BCUT2D eigenvalue weighted by molar-refractivity contribution is 6.17. The topological polar surface area (TPSA) is 71.0 Å². The first-order valence-corrected chi connectivity index (χ1v) is 10.8. The zero-order chi connectivity index (χ0) is 23.6. The highest BCUT2D eigenvalue weighted by atomic mass is 19.4. The number of halogens is 3. The highest BCUT2D eigenvalue weighted by Crippen LogP contribution is 2.41. The van der Waals surface area contributed by atoms with Crippen molar-refractivity contribution >= 4 is 17.6 Å². The van der Waals surface area contributed by atoms with Crippen LogP contribution in [0.5, 0.6) is 5.75 Å². The molecule has 0 radical (unpaired) electrons. The van der Waals surface area contributed by atoms with Gasteiger partial charge in [0.15, 0.2) is 0 Å². The monoisotopic (exact) mass is 459 g/mol. The number of alkyl halides is 3. The van der Waals surface area contributed by atoms with Crippen LogP contribution in [0.4, 0.5) is 13.2 Å². The molecule has 33 heavy (non-hydrogen) atoms. The first kappa shape index (κ1) is 22.8. The van der Waals surface area contributed by atoms with E-state index in [0.717, 1.165) is 24.2 Å². The normalized spacial score (nSPS) is 21.6. The summed E-state index contributed by atoms with van der Waals surface area (Å²) in [7, 11) is 1.31. The Morgan fingerprint density at radius 2 is 1.70 bits per heavy atom. The molecule has 9 heteroatoms.